The van der Waals surface area contributed by atoms with Crippen LogP contribution in [0.1, 0.15) is 11.1 Å². The second kappa shape index (κ2) is 8.05. The molecule has 0 fully saturated rings. The molecule has 0 radical (unpaired) electrons. The Hall–Kier alpha value is -2.35. The Morgan fingerprint density at radius 1 is 1.10 bits per heavy atom. The molecule has 21 heavy (non-hydrogen) atoms. The zero-order valence-corrected chi connectivity index (χ0v) is 11.4. The molecule has 1 N–H and O–H groups in total. The highest BCUT2D eigenvalue weighted by Crippen LogP contribution is 2.18. The molecule has 0 atom stereocenters. The van der Waals surface area contributed by atoms with Crippen molar-refractivity contribution < 1.29 is 19.0 Å². The Balaban J connectivity index is 1.91. The summed E-state index contributed by atoms with van der Waals surface area (Å²) < 4.78 is 24.0. The van der Waals surface area contributed by atoms with Crippen LogP contribution in [0.25, 0.3) is 0 Å². The van der Waals surface area contributed by atoms with Crippen molar-refractivity contribution in [2.24, 2.45) is 0 Å². The summed E-state index contributed by atoms with van der Waals surface area (Å²) in [4.78, 5) is 0. The molecule has 0 aliphatic rings. The normalized spacial score (nSPS) is 9.81. The smallest absolute Gasteiger partial charge is 0.189 e. The lowest BCUT2D eigenvalue weighted by Gasteiger charge is -2.09. The first-order chi connectivity index (χ1) is 10.3. The van der Waals surface area contributed by atoms with Gasteiger partial charge in [0.25, 0.3) is 0 Å². The number of hydrogen-bond acceptors (Lipinski definition) is 3. The fourth-order valence-corrected chi connectivity index (χ4v) is 1.70. The van der Waals surface area contributed by atoms with Gasteiger partial charge in [0.1, 0.15) is 18.2 Å². The molecular formula is C17H15FO3. The number of ether oxygens (including phenoxy) is 2. The van der Waals surface area contributed by atoms with Gasteiger partial charge in [0, 0.05) is 0 Å². The summed E-state index contributed by atoms with van der Waals surface area (Å²) in [6.45, 7) is 0.175. The van der Waals surface area contributed by atoms with Gasteiger partial charge in [0.15, 0.2) is 6.79 Å². The van der Waals surface area contributed by atoms with Crippen LogP contribution in [-0.2, 0) is 11.3 Å². The Bertz CT molecular complexity index is 629. The monoisotopic (exact) mass is 286 g/mol. The fourth-order valence-electron chi connectivity index (χ4n) is 1.70. The molecule has 0 unspecified atom stereocenters. The third-order valence-electron chi connectivity index (χ3n) is 2.65. The molecule has 0 saturated heterocycles. The van der Waals surface area contributed by atoms with Gasteiger partial charge in [-0.05, 0) is 23.8 Å². The highest BCUT2D eigenvalue weighted by atomic mass is 19.1. The van der Waals surface area contributed by atoms with Gasteiger partial charge in [-0.1, -0.05) is 42.2 Å². The van der Waals surface area contributed by atoms with Crippen LogP contribution in [0.15, 0.2) is 48.5 Å². The van der Waals surface area contributed by atoms with Crippen molar-refractivity contribution in [1.29, 1.82) is 0 Å². The number of aliphatic hydroxyl groups is 1. The topological polar surface area (TPSA) is 38.7 Å². The number of halogens is 1. The van der Waals surface area contributed by atoms with E-state index in [1.807, 2.05) is 30.3 Å². The zero-order chi connectivity index (χ0) is 14.9. The molecule has 0 amide bonds. The molecule has 0 saturated carbocycles. The maximum atomic E-state index is 13.2. The molecule has 0 aliphatic heterocycles. The molecular weight excluding hydrogens is 271 g/mol. The van der Waals surface area contributed by atoms with E-state index in [-0.39, 0.29) is 13.4 Å². The van der Waals surface area contributed by atoms with Crippen molar-refractivity contribution in [1.82, 2.24) is 0 Å². The first kappa shape index (κ1) is 15.0. The minimum atomic E-state index is -0.408. The minimum Gasteiger partial charge on any atom is -0.466 e. The average molecular weight is 286 g/mol. The molecule has 4 heteroatoms. The Morgan fingerprint density at radius 2 is 1.90 bits per heavy atom. The second-order valence-corrected chi connectivity index (χ2v) is 4.20. The van der Waals surface area contributed by atoms with E-state index in [0.717, 1.165) is 5.56 Å². The highest BCUT2D eigenvalue weighted by molar-refractivity contribution is 5.46. The van der Waals surface area contributed by atoms with Crippen molar-refractivity contribution in [3.8, 4) is 17.6 Å². The molecule has 2 rings (SSSR count). The maximum absolute atomic E-state index is 13.2. The Kier molecular flexibility index (Phi) is 5.77. The van der Waals surface area contributed by atoms with Crippen LogP contribution < -0.4 is 4.74 Å². The second-order valence-electron chi connectivity index (χ2n) is 4.20. The number of rotatable bonds is 5. The van der Waals surface area contributed by atoms with Gasteiger partial charge >= 0.3 is 0 Å². The molecule has 2 aromatic rings. The van der Waals surface area contributed by atoms with Crippen LogP contribution in [0.4, 0.5) is 4.39 Å². The highest BCUT2D eigenvalue weighted by Gasteiger charge is 2.03. The Labute approximate surface area is 122 Å². The van der Waals surface area contributed by atoms with Crippen molar-refractivity contribution in [2.45, 2.75) is 6.61 Å². The van der Waals surface area contributed by atoms with Crippen LogP contribution in [0.3, 0.4) is 0 Å². The summed E-state index contributed by atoms with van der Waals surface area (Å²) in [5.41, 5.74) is 1.42. The minimum absolute atomic E-state index is 0.0360. The molecule has 108 valence electrons. The lowest BCUT2D eigenvalue weighted by Crippen LogP contribution is -2.04. The van der Waals surface area contributed by atoms with Gasteiger partial charge in [-0.25, -0.2) is 4.39 Å². The first-order valence-electron chi connectivity index (χ1n) is 6.43. The first-order valence-corrected chi connectivity index (χ1v) is 6.43. The lowest BCUT2D eigenvalue weighted by atomic mass is 10.2. The molecule has 0 bridgehead atoms. The van der Waals surface area contributed by atoms with E-state index >= 15 is 0 Å². The van der Waals surface area contributed by atoms with E-state index in [9.17, 15) is 4.39 Å². The fraction of sp³-hybridized carbons (Fsp3) is 0.176. The summed E-state index contributed by atoms with van der Waals surface area (Å²) in [7, 11) is 0. The largest absolute Gasteiger partial charge is 0.466 e. The number of hydrogen-bond donors (Lipinski definition) is 1. The van der Waals surface area contributed by atoms with E-state index in [1.54, 1.807) is 0 Å². The Morgan fingerprint density at radius 3 is 2.67 bits per heavy atom. The van der Waals surface area contributed by atoms with Crippen molar-refractivity contribution >= 4 is 0 Å². The quantitative estimate of drug-likeness (QED) is 0.522. The van der Waals surface area contributed by atoms with Gasteiger partial charge in [-0.2, -0.15) is 0 Å². The van der Waals surface area contributed by atoms with Gasteiger partial charge in [-0.3, -0.25) is 0 Å². The molecule has 3 nitrogen and oxygen atoms in total. The molecule has 0 aliphatic carbocycles. The summed E-state index contributed by atoms with van der Waals surface area (Å²) in [6, 6.07) is 13.7. The lowest BCUT2D eigenvalue weighted by molar-refractivity contribution is 0.00486. The third kappa shape index (κ3) is 4.92. The van der Waals surface area contributed by atoms with Crippen molar-refractivity contribution in [2.75, 3.05) is 13.4 Å². The summed E-state index contributed by atoms with van der Waals surface area (Å²) in [5.74, 6) is 5.12. The van der Waals surface area contributed by atoms with Crippen molar-refractivity contribution in [3.63, 3.8) is 0 Å². The summed E-state index contributed by atoms with van der Waals surface area (Å²) in [5, 5.41) is 8.70. The maximum Gasteiger partial charge on any atom is 0.189 e. The van der Waals surface area contributed by atoms with E-state index in [2.05, 4.69) is 11.8 Å². The van der Waals surface area contributed by atoms with E-state index < -0.39 is 5.82 Å². The molecule has 0 spiro atoms. The van der Waals surface area contributed by atoms with Gasteiger partial charge in [0.2, 0.25) is 0 Å². The van der Waals surface area contributed by atoms with E-state index in [4.69, 9.17) is 14.6 Å². The van der Waals surface area contributed by atoms with Gasteiger partial charge in [-0.15, -0.1) is 0 Å². The van der Waals surface area contributed by atoms with E-state index in [1.165, 1.54) is 18.2 Å². The zero-order valence-electron chi connectivity index (χ0n) is 11.4. The molecule has 2 aromatic carbocycles. The van der Waals surface area contributed by atoms with Crippen LogP contribution >= 0.6 is 0 Å². The number of benzene rings is 2. The summed E-state index contributed by atoms with van der Waals surface area (Å²) >= 11 is 0. The van der Waals surface area contributed by atoms with Crippen LogP contribution in [0, 0.1) is 17.7 Å². The predicted molar refractivity (Wildman–Crippen MR) is 77.1 cm³/mol. The molecule has 0 aromatic heterocycles. The SMILES string of the molecule is OCC#Cc1cc(F)ccc1OCOCc1ccccc1. The van der Waals surface area contributed by atoms with E-state index in [0.29, 0.717) is 17.9 Å². The number of aliphatic hydroxyl groups excluding tert-OH is 1. The molecule has 0 heterocycles. The van der Waals surface area contributed by atoms with Crippen molar-refractivity contribution in [3.05, 3.63) is 65.5 Å². The third-order valence-corrected chi connectivity index (χ3v) is 2.65. The standard InChI is InChI=1S/C17H15FO3/c18-16-8-9-17(15(11-16)7-4-10-19)21-13-20-12-14-5-2-1-3-6-14/h1-3,5-6,8-9,11,19H,10,12-13H2. The summed E-state index contributed by atoms with van der Waals surface area (Å²) in [6.07, 6.45) is 0. The van der Waals surface area contributed by atoms with Gasteiger partial charge in [0.05, 0.1) is 12.2 Å². The average Bonchev–Trinajstić information content (AvgIpc) is 2.52. The van der Waals surface area contributed by atoms with Crippen LogP contribution in [0.5, 0.6) is 5.75 Å². The van der Waals surface area contributed by atoms with Gasteiger partial charge < -0.3 is 14.6 Å². The van der Waals surface area contributed by atoms with Crippen LogP contribution in [0.2, 0.25) is 0 Å². The predicted octanol–water partition coefficient (Wildman–Crippen LogP) is 2.72. The van der Waals surface area contributed by atoms with Crippen LogP contribution in [-0.4, -0.2) is 18.5 Å².